The van der Waals surface area contributed by atoms with Crippen LogP contribution in [0.2, 0.25) is 10.2 Å². The first-order valence-electron chi connectivity index (χ1n) is 8.86. The van der Waals surface area contributed by atoms with Gasteiger partial charge in [0.2, 0.25) is 0 Å². The lowest BCUT2D eigenvalue weighted by Gasteiger charge is -2.10. The summed E-state index contributed by atoms with van der Waals surface area (Å²) in [5, 5.41) is 0.872. The maximum absolute atomic E-state index is 12.7. The predicted molar refractivity (Wildman–Crippen MR) is 112 cm³/mol. The Hall–Kier alpha value is -2.97. The van der Waals surface area contributed by atoms with E-state index in [1.807, 2.05) is 19.1 Å². The Bertz CT molecular complexity index is 1340. The van der Waals surface area contributed by atoms with Crippen LogP contribution in [0.25, 0.3) is 22.7 Å². The van der Waals surface area contributed by atoms with Crippen molar-refractivity contribution in [3.05, 3.63) is 72.7 Å². The fourth-order valence-electron chi connectivity index (χ4n) is 3.25. The van der Waals surface area contributed by atoms with Gasteiger partial charge < -0.3 is 4.57 Å². The Morgan fingerprint density at radius 3 is 2.45 bits per heavy atom. The number of nitrogens with zero attached hydrogens (tertiary/aromatic N) is 5. The number of aromatic amines is 1. The van der Waals surface area contributed by atoms with Crippen molar-refractivity contribution in [2.45, 2.75) is 26.9 Å². The summed E-state index contributed by atoms with van der Waals surface area (Å²) in [5.74, 6) is 0.426. The van der Waals surface area contributed by atoms with Crippen molar-refractivity contribution in [3.8, 4) is 11.5 Å². The maximum atomic E-state index is 12.7. The van der Waals surface area contributed by atoms with Gasteiger partial charge in [-0.25, -0.2) is 19.7 Å². The quantitative estimate of drug-likeness (QED) is 0.536. The first-order chi connectivity index (χ1) is 13.9. The van der Waals surface area contributed by atoms with E-state index in [2.05, 4.69) is 19.9 Å². The molecule has 4 rings (SSSR count). The summed E-state index contributed by atoms with van der Waals surface area (Å²) in [6, 6.07) is 7.27. The molecule has 0 saturated heterocycles. The number of benzene rings is 1. The summed E-state index contributed by atoms with van der Waals surface area (Å²) >= 11 is 11.9. The zero-order chi connectivity index (χ0) is 20.7. The van der Waals surface area contributed by atoms with E-state index in [0.717, 1.165) is 5.56 Å². The second kappa shape index (κ2) is 7.46. The lowest BCUT2D eigenvalue weighted by molar-refractivity contribution is 0.717. The highest BCUT2D eigenvalue weighted by Crippen LogP contribution is 2.25. The van der Waals surface area contributed by atoms with Gasteiger partial charge in [0, 0.05) is 18.1 Å². The Morgan fingerprint density at radius 2 is 1.79 bits per heavy atom. The van der Waals surface area contributed by atoms with E-state index >= 15 is 0 Å². The second-order valence-electron chi connectivity index (χ2n) is 6.45. The first kappa shape index (κ1) is 19.4. The summed E-state index contributed by atoms with van der Waals surface area (Å²) in [7, 11) is 0. The number of nitrogens with one attached hydrogen (secondary N) is 1. The van der Waals surface area contributed by atoms with Crippen LogP contribution in [0, 0.1) is 6.92 Å². The maximum Gasteiger partial charge on any atom is 0.330 e. The summed E-state index contributed by atoms with van der Waals surface area (Å²) in [4.78, 5) is 40.5. The van der Waals surface area contributed by atoms with Gasteiger partial charge in [0.25, 0.3) is 5.56 Å². The number of hydrogen-bond donors (Lipinski definition) is 1. The van der Waals surface area contributed by atoms with E-state index < -0.39 is 11.2 Å². The van der Waals surface area contributed by atoms with Gasteiger partial charge >= 0.3 is 5.69 Å². The highest BCUT2D eigenvalue weighted by Gasteiger charge is 2.22. The molecule has 0 aliphatic rings. The molecule has 0 bridgehead atoms. The summed E-state index contributed by atoms with van der Waals surface area (Å²) in [5.41, 5.74) is 1.51. The molecule has 3 heterocycles. The minimum Gasteiger partial charge on any atom is -0.312 e. The Balaban J connectivity index is 2.05. The van der Waals surface area contributed by atoms with Crippen molar-refractivity contribution < 1.29 is 0 Å². The average molecular weight is 431 g/mol. The molecule has 10 heteroatoms. The zero-order valence-corrected chi connectivity index (χ0v) is 17.1. The summed E-state index contributed by atoms with van der Waals surface area (Å²) in [6.07, 6.45) is 1.42. The third-order valence-corrected chi connectivity index (χ3v) is 5.02. The summed E-state index contributed by atoms with van der Waals surface area (Å²) in [6.45, 7) is 4.26. The molecule has 0 radical (unpaired) electrons. The van der Waals surface area contributed by atoms with Crippen molar-refractivity contribution in [1.29, 1.82) is 0 Å². The standard InChI is InChI=1S/C19H16Cl2N6O2/c1-3-26-17-15(18(28)25-19(26)29)27(9-11-4-6-12(20)7-5-11)16(24-17)14-10(2)23-13(21)8-22-14/h4-8H,3,9H2,1-2H3,(H,25,28,29). The molecule has 0 atom stereocenters. The lowest BCUT2D eigenvalue weighted by atomic mass is 10.2. The number of halogens is 2. The fraction of sp³-hybridized carbons (Fsp3) is 0.211. The SMILES string of the molecule is CCn1c(=O)[nH]c(=O)c2c1nc(-c1ncc(Cl)nc1C)n2Cc1ccc(Cl)cc1. The normalized spacial score (nSPS) is 11.3. The molecule has 0 aliphatic heterocycles. The molecule has 3 aromatic heterocycles. The van der Waals surface area contributed by atoms with Crippen molar-refractivity contribution in [2.24, 2.45) is 0 Å². The molecule has 0 amide bonds. The molecule has 0 saturated carbocycles. The minimum atomic E-state index is -0.512. The minimum absolute atomic E-state index is 0.259. The van der Waals surface area contributed by atoms with Gasteiger partial charge in [0.15, 0.2) is 17.0 Å². The van der Waals surface area contributed by atoms with E-state index in [-0.39, 0.29) is 10.7 Å². The molecule has 148 valence electrons. The number of imidazole rings is 1. The Morgan fingerprint density at radius 1 is 1.07 bits per heavy atom. The topological polar surface area (TPSA) is 98.5 Å². The van der Waals surface area contributed by atoms with E-state index in [9.17, 15) is 9.59 Å². The van der Waals surface area contributed by atoms with Crippen molar-refractivity contribution in [2.75, 3.05) is 0 Å². The third kappa shape index (κ3) is 3.45. The molecule has 29 heavy (non-hydrogen) atoms. The lowest BCUT2D eigenvalue weighted by Crippen LogP contribution is -2.30. The largest absolute Gasteiger partial charge is 0.330 e. The smallest absolute Gasteiger partial charge is 0.312 e. The number of aromatic nitrogens is 6. The van der Waals surface area contributed by atoms with E-state index in [1.54, 1.807) is 23.6 Å². The van der Waals surface area contributed by atoms with Gasteiger partial charge in [0.1, 0.15) is 10.8 Å². The number of aryl methyl sites for hydroxylation is 2. The van der Waals surface area contributed by atoms with Crippen molar-refractivity contribution in [1.82, 2.24) is 29.1 Å². The molecule has 0 spiro atoms. The molecule has 1 N–H and O–H groups in total. The van der Waals surface area contributed by atoms with Gasteiger partial charge in [-0.3, -0.25) is 14.3 Å². The van der Waals surface area contributed by atoms with Crippen LogP contribution in [0.5, 0.6) is 0 Å². The van der Waals surface area contributed by atoms with Crippen molar-refractivity contribution >= 4 is 34.4 Å². The molecular formula is C19H16Cl2N6O2. The molecule has 0 fully saturated rings. The molecule has 0 aliphatic carbocycles. The van der Waals surface area contributed by atoms with E-state index in [1.165, 1.54) is 10.8 Å². The van der Waals surface area contributed by atoms with E-state index in [4.69, 9.17) is 23.2 Å². The van der Waals surface area contributed by atoms with Crippen LogP contribution < -0.4 is 11.2 Å². The van der Waals surface area contributed by atoms with Gasteiger partial charge in [0.05, 0.1) is 11.9 Å². The van der Waals surface area contributed by atoms with Crippen molar-refractivity contribution in [3.63, 3.8) is 0 Å². The number of fused-ring (bicyclic) bond motifs is 1. The first-order valence-corrected chi connectivity index (χ1v) is 9.62. The van der Waals surface area contributed by atoms with Crippen LogP contribution in [0.3, 0.4) is 0 Å². The van der Waals surface area contributed by atoms with E-state index in [0.29, 0.717) is 41.0 Å². The summed E-state index contributed by atoms with van der Waals surface area (Å²) < 4.78 is 3.14. The Kier molecular flexibility index (Phi) is 4.97. The van der Waals surface area contributed by atoms with Gasteiger partial charge in [-0.15, -0.1) is 0 Å². The predicted octanol–water partition coefficient (Wildman–Crippen LogP) is 3.03. The molecule has 4 aromatic rings. The van der Waals surface area contributed by atoms with Crippen LogP contribution in [-0.4, -0.2) is 29.1 Å². The molecule has 1 aromatic carbocycles. The number of hydrogen-bond acceptors (Lipinski definition) is 5. The van der Waals surface area contributed by atoms with Gasteiger partial charge in [-0.2, -0.15) is 0 Å². The van der Waals surface area contributed by atoms with Crippen LogP contribution in [0.1, 0.15) is 18.2 Å². The van der Waals surface area contributed by atoms with Crippen LogP contribution in [0.4, 0.5) is 0 Å². The average Bonchev–Trinajstić information content (AvgIpc) is 3.03. The monoisotopic (exact) mass is 430 g/mol. The Labute approximate surface area is 174 Å². The highest BCUT2D eigenvalue weighted by molar-refractivity contribution is 6.30. The van der Waals surface area contributed by atoms with Crippen LogP contribution in [0.15, 0.2) is 40.1 Å². The zero-order valence-electron chi connectivity index (χ0n) is 15.6. The number of rotatable bonds is 4. The molecule has 0 unspecified atom stereocenters. The van der Waals surface area contributed by atoms with Crippen LogP contribution in [-0.2, 0) is 13.1 Å². The molecular weight excluding hydrogens is 415 g/mol. The highest BCUT2D eigenvalue weighted by atomic mass is 35.5. The van der Waals surface area contributed by atoms with Gasteiger partial charge in [-0.1, -0.05) is 35.3 Å². The second-order valence-corrected chi connectivity index (χ2v) is 7.27. The fourth-order valence-corrected chi connectivity index (χ4v) is 3.55. The number of H-pyrrole nitrogens is 1. The third-order valence-electron chi connectivity index (χ3n) is 4.58. The molecule has 8 nitrogen and oxygen atoms in total. The van der Waals surface area contributed by atoms with Crippen LogP contribution >= 0.6 is 23.2 Å². The van der Waals surface area contributed by atoms with Gasteiger partial charge in [-0.05, 0) is 31.5 Å².